The molecule has 4 rings (SSSR count). The highest BCUT2D eigenvalue weighted by atomic mass is 35.5. The minimum Gasteiger partial charge on any atom is -0.329 e. The number of halogens is 2. The summed E-state index contributed by atoms with van der Waals surface area (Å²) in [6, 6.07) is 6.55. The Kier molecular flexibility index (Phi) is 5.94. The molecule has 30 heavy (non-hydrogen) atoms. The fourth-order valence-corrected chi connectivity index (χ4v) is 5.23. The SMILES string of the molecule is Cn1ccnc1Sc1nc(Cl)c(/C=C2\C(=O)NC(=S)N(c3ccc(Cl)cc3)C2=O)s1. The molecule has 7 nitrogen and oxygen atoms in total. The van der Waals surface area contributed by atoms with Gasteiger partial charge in [0.1, 0.15) is 10.7 Å². The molecule has 1 N–H and O–H groups in total. The second kappa shape index (κ2) is 8.48. The first-order chi connectivity index (χ1) is 14.3. The number of carbonyl (C=O) groups excluding carboxylic acids is 2. The van der Waals surface area contributed by atoms with Crippen LogP contribution >= 0.6 is 58.5 Å². The second-order valence-corrected chi connectivity index (χ2v) is 9.42. The summed E-state index contributed by atoms with van der Waals surface area (Å²) in [5.74, 6) is -1.16. The lowest BCUT2D eigenvalue weighted by molar-refractivity contribution is -0.122. The molecule has 1 aromatic carbocycles. The van der Waals surface area contributed by atoms with Crippen molar-refractivity contribution in [3.8, 4) is 0 Å². The molecule has 12 heteroatoms. The number of hydrogen-bond acceptors (Lipinski definition) is 7. The molecule has 0 saturated carbocycles. The molecule has 0 aliphatic carbocycles. The van der Waals surface area contributed by atoms with Gasteiger partial charge in [-0.15, -0.1) is 11.3 Å². The number of benzene rings is 1. The Balaban J connectivity index is 1.66. The summed E-state index contributed by atoms with van der Waals surface area (Å²) >= 11 is 19.9. The van der Waals surface area contributed by atoms with Crippen LogP contribution in [0.3, 0.4) is 0 Å². The highest BCUT2D eigenvalue weighted by Crippen LogP contribution is 2.35. The van der Waals surface area contributed by atoms with Gasteiger partial charge in [0.15, 0.2) is 14.6 Å². The number of carbonyl (C=O) groups is 2. The molecule has 1 aliphatic rings. The summed E-state index contributed by atoms with van der Waals surface area (Å²) in [6.45, 7) is 0. The third kappa shape index (κ3) is 4.14. The van der Waals surface area contributed by atoms with Gasteiger partial charge in [0.25, 0.3) is 11.8 Å². The molecule has 0 unspecified atom stereocenters. The second-order valence-electron chi connectivity index (χ2n) is 5.99. The average molecular weight is 496 g/mol. The standard InChI is InChI=1S/C18H11Cl2N5O2S3/c1-24-7-6-21-17(24)30-18-22-13(20)12(29-18)8-11-14(26)23-16(28)25(15(11)27)10-4-2-9(19)3-5-10/h2-8H,1H3,(H,23,26,28)/b11-8+. The molecule has 0 radical (unpaired) electrons. The summed E-state index contributed by atoms with van der Waals surface area (Å²) in [7, 11) is 1.87. The van der Waals surface area contributed by atoms with Gasteiger partial charge in [-0.25, -0.2) is 9.97 Å². The maximum absolute atomic E-state index is 13.1. The van der Waals surface area contributed by atoms with E-state index in [0.29, 0.717) is 19.9 Å². The lowest BCUT2D eigenvalue weighted by Crippen LogP contribution is -2.54. The first kappa shape index (κ1) is 21.0. The van der Waals surface area contributed by atoms with Crippen molar-refractivity contribution in [3.63, 3.8) is 0 Å². The third-order valence-corrected chi connectivity index (χ3v) is 7.08. The van der Waals surface area contributed by atoms with Gasteiger partial charge in [-0.05, 0) is 54.3 Å². The van der Waals surface area contributed by atoms with E-state index in [1.165, 1.54) is 34.1 Å². The maximum atomic E-state index is 13.1. The summed E-state index contributed by atoms with van der Waals surface area (Å²) in [5.41, 5.74) is 0.388. The van der Waals surface area contributed by atoms with E-state index in [2.05, 4.69) is 15.3 Å². The number of hydrogen-bond donors (Lipinski definition) is 1. The number of thiocarbonyl (C=S) groups is 1. The van der Waals surface area contributed by atoms with E-state index in [9.17, 15) is 9.59 Å². The number of amides is 2. The number of rotatable bonds is 4. The molecule has 2 aromatic heterocycles. The normalized spacial score (nSPS) is 15.8. The van der Waals surface area contributed by atoms with Gasteiger partial charge in [-0.3, -0.25) is 19.8 Å². The van der Waals surface area contributed by atoms with Gasteiger partial charge < -0.3 is 4.57 Å². The molecule has 2 amide bonds. The number of aryl methyl sites for hydroxylation is 1. The third-order valence-electron chi connectivity index (χ3n) is 4.01. The van der Waals surface area contributed by atoms with E-state index in [4.69, 9.17) is 35.4 Å². The van der Waals surface area contributed by atoms with Crippen LogP contribution in [-0.2, 0) is 16.6 Å². The summed E-state index contributed by atoms with van der Waals surface area (Å²) in [6.07, 6.45) is 4.92. The monoisotopic (exact) mass is 495 g/mol. The van der Waals surface area contributed by atoms with Crippen molar-refractivity contribution in [3.05, 3.63) is 57.3 Å². The van der Waals surface area contributed by atoms with Crippen molar-refractivity contribution in [2.75, 3.05) is 4.90 Å². The summed E-state index contributed by atoms with van der Waals surface area (Å²) in [5, 5.41) is 3.97. The highest BCUT2D eigenvalue weighted by molar-refractivity contribution is 8.00. The van der Waals surface area contributed by atoms with Crippen molar-refractivity contribution >= 4 is 87.2 Å². The van der Waals surface area contributed by atoms with E-state index in [1.54, 1.807) is 30.5 Å². The Morgan fingerprint density at radius 1 is 1.23 bits per heavy atom. The minimum atomic E-state index is -0.599. The fourth-order valence-electron chi connectivity index (χ4n) is 2.57. The predicted octanol–water partition coefficient (Wildman–Crippen LogP) is 4.17. The number of nitrogens with one attached hydrogen (secondary N) is 1. The van der Waals surface area contributed by atoms with Crippen LogP contribution < -0.4 is 10.2 Å². The van der Waals surface area contributed by atoms with Crippen molar-refractivity contribution in [1.82, 2.24) is 19.9 Å². The van der Waals surface area contributed by atoms with Crippen LogP contribution in [0.25, 0.3) is 6.08 Å². The van der Waals surface area contributed by atoms with E-state index in [1.807, 2.05) is 17.8 Å². The van der Waals surface area contributed by atoms with Gasteiger partial charge >= 0.3 is 0 Å². The Hall–Kier alpha value is -2.24. The summed E-state index contributed by atoms with van der Waals surface area (Å²) in [4.78, 5) is 35.8. The zero-order chi connectivity index (χ0) is 21.4. The predicted molar refractivity (Wildman–Crippen MR) is 122 cm³/mol. The van der Waals surface area contributed by atoms with Crippen LogP contribution in [0.1, 0.15) is 4.88 Å². The number of anilines is 1. The van der Waals surface area contributed by atoms with Gasteiger partial charge in [0.05, 0.1) is 10.6 Å². The van der Waals surface area contributed by atoms with E-state index in [-0.39, 0.29) is 15.8 Å². The Bertz CT molecular complexity index is 1200. The quantitative estimate of drug-likeness (QED) is 0.332. The molecule has 0 spiro atoms. The number of thiazole rings is 1. The molecule has 1 fully saturated rings. The van der Waals surface area contributed by atoms with Crippen molar-refractivity contribution < 1.29 is 9.59 Å². The molecule has 3 heterocycles. The Morgan fingerprint density at radius 2 is 1.97 bits per heavy atom. The molecule has 0 bridgehead atoms. The highest BCUT2D eigenvalue weighted by Gasteiger charge is 2.34. The largest absolute Gasteiger partial charge is 0.329 e. The first-order valence-corrected chi connectivity index (χ1v) is 11.1. The van der Waals surface area contributed by atoms with E-state index >= 15 is 0 Å². The summed E-state index contributed by atoms with van der Waals surface area (Å²) < 4.78 is 2.48. The zero-order valence-electron chi connectivity index (χ0n) is 15.1. The lowest BCUT2D eigenvalue weighted by atomic mass is 10.1. The molecule has 1 aliphatic heterocycles. The zero-order valence-corrected chi connectivity index (χ0v) is 19.1. The van der Waals surface area contributed by atoms with Crippen LogP contribution in [0.5, 0.6) is 0 Å². The molecule has 152 valence electrons. The molecular formula is C18H11Cl2N5O2S3. The van der Waals surface area contributed by atoms with Crippen LogP contribution in [0.2, 0.25) is 10.2 Å². The number of aromatic nitrogens is 3. The van der Waals surface area contributed by atoms with E-state index < -0.39 is 11.8 Å². The van der Waals surface area contributed by atoms with Crippen molar-refractivity contribution in [1.29, 1.82) is 0 Å². The van der Waals surface area contributed by atoms with Crippen LogP contribution in [-0.4, -0.2) is 31.5 Å². The van der Waals surface area contributed by atoms with Gasteiger partial charge in [0.2, 0.25) is 0 Å². The van der Waals surface area contributed by atoms with E-state index in [0.717, 1.165) is 5.16 Å². The minimum absolute atomic E-state index is 0.00843. The molecule has 0 atom stereocenters. The van der Waals surface area contributed by atoms with Crippen molar-refractivity contribution in [2.45, 2.75) is 9.50 Å². The Labute approximate surface area is 194 Å². The maximum Gasteiger partial charge on any atom is 0.270 e. The molecule has 1 saturated heterocycles. The Morgan fingerprint density at radius 3 is 2.63 bits per heavy atom. The van der Waals surface area contributed by atoms with Crippen molar-refractivity contribution in [2.24, 2.45) is 7.05 Å². The topological polar surface area (TPSA) is 80.1 Å². The number of nitrogens with zero attached hydrogens (tertiary/aromatic N) is 4. The van der Waals surface area contributed by atoms with Gasteiger partial charge in [-0.1, -0.05) is 23.2 Å². The first-order valence-electron chi connectivity index (χ1n) is 8.32. The molecular weight excluding hydrogens is 485 g/mol. The number of imidazole rings is 1. The van der Waals surface area contributed by atoms with Crippen LogP contribution in [0.15, 0.2) is 51.7 Å². The van der Waals surface area contributed by atoms with Gasteiger partial charge in [-0.2, -0.15) is 0 Å². The smallest absolute Gasteiger partial charge is 0.270 e. The molecule has 3 aromatic rings. The lowest BCUT2D eigenvalue weighted by Gasteiger charge is -2.28. The fraction of sp³-hybridized carbons (Fsp3) is 0.0556. The van der Waals surface area contributed by atoms with Crippen LogP contribution in [0, 0.1) is 0 Å². The van der Waals surface area contributed by atoms with Crippen LogP contribution in [0.4, 0.5) is 5.69 Å². The van der Waals surface area contributed by atoms with Gasteiger partial charge in [0, 0.05) is 24.5 Å². The average Bonchev–Trinajstić information content (AvgIpc) is 3.25.